The number of aromatic nitrogens is 4. The predicted molar refractivity (Wildman–Crippen MR) is 141 cm³/mol. The van der Waals surface area contributed by atoms with E-state index in [0.717, 1.165) is 57.6 Å². The molecule has 1 aliphatic heterocycles. The van der Waals surface area contributed by atoms with Gasteiger partial charge in [-0.2, -0.15) is 0 Å². The maximum absolute atomic E-state index is 6.65. The van der Waals surface area contributed by atoms with Gasteiger partial charge < -0.3 is 4.90 Å². The summed E-state index contributed by atoms with van der Waals surface area (Å²) in [4.78, 5) is 17.2. The van der Waals surface area contributed by atoms with Crippen molar-refractivity contribution in [3.05, 3.63) is 84.0 Å². The highest BCUT2D eigenvalue weighted by Gasteiger charge is 2.38. The average Bonchev–Trinajstić information content (AvgIpc) is 3.53. The zero-order chi connectivity index (χ0) is 23.4. The number of benzene rings is 2. The lowest BCUT2D eigenvalue weighted by Gasteiger charge is -2.40. The van der Waals surface area contributed by atoms with Crippen LogP contribution in [0.1, 0.15) is 37.4 Å². The van der Waals surface area contributed by atoms with Gasteiger partial charge in [-0.1, -0.05) is 60.1 Å². The van der Waals surface area contributed by atoms with Gasteiger partial charge in [0.05, 0.1) is 16.9 Å². The van der Waals surface area contributed by atoms with E-state index in [1.165, 1.54) is 25.9 Å². The van der Waals surface area contributed by atoms with Crippen LogP contribution in [0.4, 0.5) is 0 Å². The van der Waals surface area contributed by atoms with Crippen LogP contribution in [0.15, 0.2) is 73.1 Å². The van der Waals surface area contributed by atoms with Crippen molar-refractivity contribution in [1.82, 2.24) is 24.3 Å². The van der Waals surface area contributed by atoms with Crippen molar-refractivity contribution < 1.29 is 0 Å². The van der Waals surface area contributed by atoms with Crippen LogP contribution in [0.3, 0.4) is 0 Å². The summed E-state index contributed by atoms with van der Waals surface area (Å²) in [6.45, 7) is 2.49. The molecule has 2 aromatic carbocycles. The van der Waals surface area contributed by atoms with Gasteiger partial charge in [-0.05, 0) is 50.9 Å². The summed E-state index contributed by atoms with van der Waals surface area (Å²) in [7, 11) is 0. The van der Waals surface area contributed by atoms with Crippen LogP contribution in [0.5, 0.6) is 0 Å². The molecule has 2 fully saturated rings. The molecule has 2 aliphatic rings. The molecule has 0 radical (unpaired) electrons. The molecule has 1 aliphatic carbocycles. The third-order valence-corrected chi connectivity index (χ3v) is 7.98. The lowest BCUT2D eigenvalue weighted by molar-refractivity contribution is 0.132. The molecule has 0 N–H and O–H groups in total. The fourth-order valence-corrected chi connectivity index (χ4v) is 5.99. The molecule has 3 aromatic heterocycles. The van der Waals surface area contributed by atoms with Gasteiger partial charge in [-0.3, -0.25) is 4.40 Å². The summed E-state index contributed by atoms with van der Waals surface area (Å²) in [5.41, 5.74) is 5.81. The van der Waals surface area contributed by atoms with Crippen molar-refractivity contribution in [3.63, 3.8) is 0 Å². The normalized spacial score (nSPS) is 20.5. The van der Waals surface area contributed by atoms with Crippen molar-refractivity contribution in [2.75, 3.05) is 13.1 Å². The maximum Gasteiger partial charge on any atom is 0.155 e. The second-order valence-electron chi connectivity index (χ2n) is 9.79. The molecular weight excluding hydrogens is 454 g/mol. The zero-order valence-corrected chi connectivity index (χ0v) is 20.2. The summed E-state index contributed by atoms with van der Waals surface area (Å²) >= 11 is 6.65. The highest BCUT2D eigenvalue weighted by Crippen LogP contribution is 2.43. The fraction of sp³-hybridized carbons (Fsp3) is 0.276. The smallest absolute Gasteiger partial charge is 0.155 e. The summed E-state index contributed by atoms with van der Waals surface area (Å²) in [5, 5.41) is 1.59. The van der Waals surface area contributed by atoms with E-state index >= 15 is 0 Å². The highest BCUT2D eigenvalue weighted by molar-refractivity contribution is 6.33. The number of pyridine rings is 1. The molecular formula is C29H26ClN5. The number of hydrogen-bond acceptors (Lipinski definition) is 4. The Morgan fingerprint density at radius 3 is 2.49 bits per heavy atom. The van der Waals surface area contributed by atoms with Gasteiger partial charge in [0.15, 0.2) is 5.15 Å². The molecule has 0 unspecified atom stereocenters. The van der Waals surface area contributed by atoms with E-state index in [-0.39, 0.29) is 0 Å². The Morgan fingerprint density at radius 1 is 0.857 bits per heavy atom. The minimum atomic E-state index is 0.448. The second-order valence-corrected chi connectivity index (χ2v) is 10.1. The number of imidazole rings is 1. The Labute approximate surface area is 209 Å². The Morgan fingerprint density at radius 2 is 1.66 bits per heavy atom. The van der Waals surface area contributed by atoms with Crippen LogP contribution in [0.25, 0.3) is 38.9 Å². The standard InChI is InChI=1S/C29H26ClN5/c30-28-27-26(21-9-8-20-10-11-24(32-25(20)18-21)19-6-2-1-3-7-19)33-29(35(27)15-12-31-28)22-16-23(17-22)34-13-4-5-14-34/h1-3,6-12,15,18,22-23H,4-5,13-14,16-17H2. The second kappa shape index (κ2) is 8.43. The molecule has 174 valence electrons. The van der Waals surface area contributed by atoms with Gasteiger partial charge in [0.25, 0.3) is 0 Å². The van der Waals surface area contributed by atoms with Gasteiger partial charge in [-0.15, -0.1) is 0 Å². The van der Waals surface area contributed by atoms with Crippen LogP contribution in [-0.2, 0) is 0 Å². The lowest BCUT2D eigenvalue weighted by Crippen LogP contribution is -2.42. The maximum atomic E-state index is 6.65. The minimum absolute atomic E-state index is 0.448. The summed E-state index contributed by atoms with van der Waals surface area (Å²) in [6, 6.07) is 21.6. The molecule has 0 amide bonds. The van der Waals surface area contributed by atoms with Gasteiger partial charge in [0, 0.05) is 40.9 Å². The van der Waals surface area contributed by atoms with Crippen LogP contribution in [-0.4, -0.2) is 43.4 Å². The van der Waals surface area contributed by atoms with E-state index < -0.39 is 0 Å². The van der Waals surface area contributed by atoms with E-state index in [0.29, 0.717) is 17.1 Å². The third kappa shape index (κ3) is 3.62. The Kier molecular flexibility index (Phi) is 5.07. The first-order chi connectivity index (χ1) is 17.2. The Balaban J connectivity index is 1.29. The summed E-state index contributed by atoms with van der Waals surface area (Å²) in [5.74, 6) is 1.55. The number of hydrogen-bond donors (Lipinski definition) is 0. The number of likely N-dealkylation sites (tertiary alicyclic amines) is 1. The quantitative estimate of drug-likeness (QED) is 0.291. The highest BCUT2D eigenvalue weighted by atomic mass is 35.5. The molecule has 1 saturated heterocycles. The Bertz CT molecular complexity index is 1530. The average molecular weight is 480 g/mol. The number of fused-ring (bicyclic) bond motifs is 2. The summed E-state index contributed by atoms with van der Waals surface area (Å²) in [6.07, 6.45) is 8.77. The van der Waals surface area contributed by atoms with Crippen molar-refractivity contribution in [1.29, 1.82) is 0 Å². The first-order valence-electron chi connectivity index (χ1n) is 12.5. The van der Waals surface area contributed by atoms with Crippen LogP contribution < -0.4 is 0 Å². The first kappa shape index (κ1) is 21.0. The van der Waals surface area contributed by atoms with Crippen molar-refractivity contribution in [2.45, 2.75) is 37.6 Å². The molecule has 0 bridgehead atoms. The van der Waals surface area contributed by atoms with E-state index in [1.807, 2.05) is 24.4 Å². The van der Waals surface area contributed by atoms with Gasteiger partial charge in [0.1, 0.15) is 11.3 Å². The fourth-order valence-electron chi connectivity index (χ4n) is 5.75. The first-order valence-corrected chi connectivity index (χ1v) is 12.9. The molecule has 5 aromatic rings. The van der Waals surface area contributed by atoms with Crippen LogP contribution in [0, 0.1) is 0 Å². The van der Waals surface area contributed by atoms with Gasteiger partial charge >= 0.3 is 0 Å². The van der Waals surface area contributed by atoms with E-state index in [9.17, 15) is 0 Å². The summed E-state index contributed by atoms with van der Waals surface area (Å²) < 4.78 is 2.16. The number of nitrogens with zero attached hydrogens (tertiary/aromatic N) is 5. The van der Waals surface area contributed by atoms with Crippen molar-refractivity contribution >= 4 is 28.0 Å². The number of halogens is 1. The molecule has 4 heterocycles. The monoisotopic (exact) mass is 479 g/mol. The van der Waals surface area contributed by atoms with E-state index in [1.54, 1.807) is 6.20 Å². The van der Waals surface area contributed by atoms with Crippen molar-refractivity contribution in [3.8, 4) is 22.5 Å². The zero-order valence-electron chi connectivity index (χ0n) is 19.4. The van der Waals surface area contributed by atoms with Gasteiger partial charge in [-0.25, -0.2) is 15.0 Å². The molecule has 0 atom stereocenters. The van der Waals surface area contributed by atoms with Gasteiger partial charge in [0.2, 0.25) is 0 Å². The molecule has 1 saturated carbocycles. The topological polar surface area (TPSA) is 46.3 Å². The van der Waals surface area contributed by atoms with Crippen LogP contribution in [0.2, 0.25) is 5.15 Å². The largest absolute Gasteiger partial charge is 0.300 e. The lowest BCUT2D eigenvalue weighted by atomic mass is 9.79. The van der Waals surface area contributed by atoms with E-state index in [2.05, 4.69) is 56.7 Å². The Hall–Kier alpha value is -3.28. The third-order valence-electron chi connectivity index (χ3n) is 7.71. The molecule has 0 spiro atoms. The molecule has 35 heavy (non-hydrogen) atoms. The molecule has 7 rings (SSSR count). The SMILES string of the molecule is Clc1nccn2c(C3CC(N4CCCC4)C3)nc(-c3ccc4ccc(-c5ccccc5)nc4c3)c12. The number of rotatable bonds is 4. The molecule has 6 heteroatoms. The molecule has 5 nitrogen and oxygen atoms in total. The van der Waals surface area contributed by atoms with E-state index in [4.69, 9.17) is 21.6 Å². The minimum Gasteiger partial charge on any atom is -0.300 e. The van der Waals surface area contributed by atoms with Crippen molar-refractivity contribution in [2.24, 2.45) is 0 Å². The van der Waals surface area contributed by atoms with Crippen LogP contribution >= 0.6 is 11.6 Å². The predicted octanol–water partition coefficient (Wildman–Crippen LogP) is 6.61.